The van der Waals surface area contributed by atoms with Gasteiger partial charge < -0.3 is 15.4 Å². The molecular formula is C19H26N4O4. The Labute approximate surface area is 157 Å². The summed E-state index contributed by atoms with van der Waals surface area (Å²) in [7, 11) is 1.51. The van der Waals surface area contributed by atoms with Crippen molar-refractivity contribution in [1.29, 1.82) is 0 Å². The number of anilines is 2. The van der Waals surface area contributed by atoms with E-state index in [1.54, 1.807) is 0 Å². The number of hydrogen-bond acceptors (Lipinski definition) is 5. The lowest BCUT2D eigenvalue weighted by Gasteiger charge is -2.25. The zero-order valence-electron chi connectivity index (χ0n) is 15.9. The van der Waals surface area contributed by atoms with Gasteiger partial charge in [0, 0.05) is 20.1 Å². The van der Waals surface area contributed by atoms with Crippen LogP contribution in [0.2, 0.25) is 0 Å². The fourth-order valence-corrected chi connectivity index (χ4v) is 2.76. The number of aromatic nitrogens is 2. The van der Waals surface area contributed by atoms with Crippen LogP contribution >= 0.6 is 0 Å². The lowest BCUT2D eigenvalue weighted by molar-refractivity contribution is -0.119. The highest BCUT2D eigenvalue weighted by Gasteiger charge is 2.24. The number of rotatable bonds is 8. The van der Waals surface area contributed by atoms with Crippen LogP contribution in [0.4, 0.5) is 11.5 Å². The van der Waals surface area contributed by atoms with Crippen molar-refractivity contribution in [1.82, 2.24) is 9.55 Å². The normalized spacial score (nSPS) is 11.0. The SMILES string of the molecule is COCCN(C(=O)CC(C)C)c1c(N)n(Cc2ccccc2)c(=O)[nH]c1=O. The number of nitrogens with two attached hydrogens (primary N) is 1. The molecule has 0 atom stereocenters. The molecule has 1 aromatic carbocycles. The first kappa shape index (κ1) is 20.4. The van der Waals surface area contributed by atoms with Gasteiger partial charge in [0.25, 0.3) is 5.56 Å². The second-order valence-corrected chi connectivity index (χ2v) is 6.70. The van der Waals surface area contributed by atoms with E-state index in [0.717, 1.165) is 5.56 Å². The summed E-state index contributed by atoms with van der Waals surface area (Å²) in [6, 6.07) is 9.26. The topological polar surface area (TPSA) is 110 Å². The van der Waals surface area contributed by atoms with Crippen molar-refractivity contribution in [3.63, 3.8) is 0 Å². The fourth-order valence-electron chi connectivity index (χ4n) is 2.76. The summed E-state index contributed by atoms with van der Waals surface area (Å²) >= 11 is 0. The summed E-state index contributed by atoms with van der Waals surface area (Å²) < 4.78 is 6.32. The predicted octanol–water partition coefficient (Wildman–Crippen LogP) is 1.19. The molecule has 0 saturated heterocycles. The third kappa shape index (κ3) is 5.07. The molecule has 0 unspecified atom stereocenters. The maximum Gasteiger partial charge on any atom is 0.330 e. The van der Waals surface area contributed by atoms with Crippen molar-refractivity contribution in [2.75, 3.05) is 30.9 Å². The molecule has 146 valence electrons. The Morgan fingerprint density at radius 2 is 1.93 bits per heavy atom. The number of nitrogens with zero attached hydrogens (tertiary/aromatic N) is 2. The second-order valence-electron chi connectivity index (χ2n) is 6.70. The minimum Gasteiger partial charge on any atom is -0.383 e. The first-order valence-corrected chi connectivity index (χ1v) is 8.81. The molecule has 0 aliphatic heterocycles. The minimum atomic E-state index is -0.685. The molecule has 0 spiro atoms. The number of aromatic amines is 1. The standard InChI is InChI=1S/C19H26N4O4/c1-13(2)11-15(24)22(9-10-27-3)16-17(20)23(19(26)21-18(16)25)12-14-7-5-4-6-8-14/h4-8,13H,9-12,20H2,1-3H3,(H,21,25,26). The molecule has 0 aliphatic carbocycles. The summed E-state index contributed by atoms with van der Waals surface area (Å²) in [4.78, 5) is 41.0. The molecule has 0 saturated carbocycles. The first-order chi connectivity index (χ1) is 12.8. The van der Waals surface area contributed by atoms with Gasteiger partial charge in [-0.1, -0.05) is 44.2 Å². The van der Waals surface area contributed by atoms with Crippen molar-refractivity contribution in [3.05, 3.63) is 56.7 Å². The van der Waals surface area contributed by atoms with Crippen molar-refractivity contribution < 1.29 is 9.53 Å². The third-order valence-corrected chi connectivity index (χ3v) is 4.07. The molecule has 0 aliphatic rings. The molecule has 1 amide bonds. The maximum absolute atomic E-state index is 12.7. The summed E-state index contributed by atoms with van der Waals surface area (Å²) in [5.74, 6) is -0.178. The number of hydrogen-bond donors (Lipinski definition) is 2. The zero-order valence-corrected chi connectivity index (χ0v) is 15.9. The van der Waals surface area contributed by atoms with Gasteiger partial charge in [-0.2, -0.15) is 0 Å². The molecule has 0 bridgehead atoms. The van der Waals surface area contributed by atoms with E-state index in [9.17, 15) is 14.4 Å². The van der Waals surface area contributed by atoms with Gasteiger partial charge in [0.2, 0.25) is 5.91 Å². The van der Waals surface area contributed by atoms with Crippen LogP contribution in [0.25, 0.3) is 0 Å². The van der Waals surface area contributed by atoms with Crippen LogP contribution in [0.1, 0.15) is 25.8 Å². The van der Waals surface area contributed by atoms with Gasteiger partial charge in [0.15, 0.2) is 5.69 Å². The Kier molecular flexibility index (Phi) is 6.95. The fraction of sp³-hybridized carbons (Fsp3) is 0.421. The van der Waals surface area contributed by atoms with Crippen LogP contribution in [0.3, 0.4) is 0 Å². The van der Waals surface area contributed by atoms with E-state index < -0.39 is 11.2 Å². The Morgan fingerprint density at radius 3 is 2.52 bits per heavy atom. The summed E-state index contributed by atoms with van der Waals surface area (Å²) in [6.45, 7) is 4.41. The highest BCUT2D eigenvalue weighted by Crippen LogP contribution is 2.19. The Bertz CT molecular complexity index is 887. The van der Waals surface area contributed by atoms with Gasteiger partial charge in [-0.25, -0.2) is 4.79 Å². The van der Waals surface area contributed by atoms with Crippen LogP contribution in [0.5, 0.6) is 0 Å². The van der Waals surface area contributed by atoms with E-state index in [2.05, 4.69) is 4.98 Å². The van der Waals surface area contributed by atoms with E-state index in [-0.39, 0.29) is 49.4 Å². The van der Waals surface area contributed by atoms with Gasteiger partial charge in [-0.05, 0) is 11.5 Å². The molecule has 27 heavy (non-hydrogen) atoms. The Morgan fingerprint density at radius 1 is 1.26 bits per heavy atom. The van der Waals surface area contributed by atoms with Crippen LogP contribution in [-0.2, 0) is 16.1 Å². The lowest BCUT2D eigenvalue weighted by Crippen LogP contribution is -2.43. The van der Waals surface area contributed by atoms with Crippen LogP contribution < -0.4 is 21.9 Å². The van der Waals surface area contributed by atoms with E-state index in [0.29, 0.717) is 0 Å². The highest BCUT2D eigenvalue weighted by molar-refractivity contribution is 5.95. The van der Waals surface area contributed by atoms with Gasteiger partial charge in [-0.3, -0.25) is 19.1 Å². The number of H-pyrrole nitrogens is 1. The smallest absolute Gasteiger partial charge is 0.330 e. The molecule has 2 rings (SSSR count). The van der Waals surface area contributed by atoms with Crippen LogP contribution in [0.15, 0.2) is 39.9 Å². The van der Waals surface area contributed by atoms with Crippen molar-refractivity contribution in [2.45, 2.75) is 26.8 Å². The van der Waals surface area contributed by atoms with Gasteiger partial charge in [-0.15, -0.1) is 0 Å². The first-order valence-electron chi connectivity index (χ1n) is 8.81. The zero-order chi connectivity index (χ0) is 20.0. The van der Waals surface area contributed by atoms with E-state index in [1.165, 1.54) is 16.6 Å². The predicted molar refractivity (Wildman–Crippen MR) is 105 cm³/mol. The number of carbonyl (C=O) groups excluding carboxylic acids is 1. The monoisotopic (exact) mass is 374 g/mol. The number of ether oxygens (including phenoxy) is 1. The average Bonchev–Trinajstić information content (AvgIpc) is 2.61. The number of nitrogen functional groups attached to an aromatic ring is 1. The molecule has 3 N–H and O–H groups in total. The maximum atomic E-state index is 12.7. The molecule has 1 aromatic heterocycles. The molecule has 0 fully saturated rings. The molecule has 0 radical (unpaired) electrons. The van der Waals surface area contributed by atoms with E-state index in [4.69, 9.17) is 10.5 Å². The number of nitrogens with one attached hydrogen (secondary N) is 1. The highest BCUT2D eigenvalue weighted by atomic mass is 16.5. The number of benzene rings is 1. The Balaban J connectivity index is 2.52. The largest absolute Gasteiger partial charge is 0.383 e. The van der Waals surface area contributed by atoms with Gasteiger partial charge in [0.05, 0.1) is 13.2 Å². The van der Waals surface area contributed by atoms with E-state index in [1.807, 2.05) is 44.2 Å². The average molecular weight is 374 g/mol. The number of carbonyl (C=O) groups is 1. The summed E-state index contributed by atoms with van der Waals surface area (Å²) in [6.07, 6.45) is 0.250. The number of amides is 1. The Hall–Kier alpha value is -2.87. The molecule has 1 heterocycles. The van der Waals surface area contributed by atoms with Gasteiger partial charge >= 0.3 is 5.69 Å². The second kappa shape index (κ2) is 9.18. The molecular weight excluding hydrogens is 348 g/mol. The van der Waals surface area contributed by atoms with Gasteiger partial charge in [0.1, 0.15) is 5.82 Å². The quantitative estimate of drug-likeness (QED) is 0.721. The minimum absolute atomic E-state index is 0.0202. The molecule has 2 aromatic rings. The molecule has 8 heteroatoms. The van der Waals surface area contributed by atoms with Crippen LogP contribution in [0, 0.1) is 5.92 Å². The number of methoxy groups -OCH3 is 1. The summed E-state index contributed by atoms with van der Waals surface area (Å²) in [5, 5.41) is 0. The van der Waals surface area contributed by atoms with Crippen molar-refractivity contribution in [2.24, 2.45) is 5.92 Å². The molecule has 8 nitrogen and oxygen atoms in total. The lowest BCUT2D eigenvalue weighted by atomic mass is 10.1. The van der Waals surface area contributed by atoms with E-state index >= 15 is 0 Å². The van der Waals surface area contributed by atoms with Crippen molar-refractivity contribution >= 4 is 17.4 Å². The van der Waals surface area contributed by atoms with Crippen molar-refractivity contribution in [3.8, 4) is 0 Å². The summed E-state index contributed by atoms with van der Waals surface area (Å²) in [5.41, 5.74) is 5.71. The third-order valence-electron chi connectivity index (χ3n) is 4.07. The van der Waals surface area contributed by atoms with Crippen LogP contribution in [-0.4, -0.2) is 35.7 Å².